The summed E-state index contributed by atoms with van der Waals surface area (Å²) in [4.78, 5) is 26.3. The molecule has 3 aliphatic heterocycles. The van der Waals surface area contributed by atoms with Gasteiger partial charge in [0.15, 0.2) is 12.5 Å². The topological polar surface area (TPSA) is 89.6 Å². The molecule has 4 atom stereocenters. The van der Waals surface area contributed by atoms with Crippen LogP contribution >= 0.6 is 0 Å². The van der Waals surface area contributed by atoms with E-state index >= 15 is 0 Å². The Labute approximate surface area is 163 Å². The molecule has 3 heterocycles. The fraction of sp³-hybridized carbons (Fsp3) is 0.500. The molecule has 1 amide bonds. The fourth-order valence-corrected chi connectivity index (χ4v) is 3.57. The van der Waals surface area contributed by atoms with E-state index in [2.05, 4.69) is 5.32 Å². The molecule has 28 heavy (non-hydrogen) atoms. The molecule has 4 rings (SSSR count). The van der Waals surface area contributed by atoms with E-state index < -0.39 is 12.3 Å². The van der Waals surface area contributed by atoms with Gasteiger partial charge in [-0.15, -0.1) is 0 Å². The maximum Gasteiger partial charge on any atom is 0.335 e. The van der Waals surface area contributed by atoms with Crippen LogP contribution in [-0.4, -0.2) is 54.8 Å². The number of epoxide rings is 1. The zero-order valence-electron chi connectivity index (χ0n) is 15.7. The maximum absolute atomic E-state index is 12.8. The molecule has 1 N–H and O–H groups in total. The zero-order valence-corrected chi connectivity index (χ0v) is 15.7. The molecular weight excluding hydrogens is 364 g/mol. The molecule has 0 saturated carbocycles. The van der Waals surface area contributed by atoms with E-state index in [0.29, 0.717) is 18.9 Å². The number of carbonyl (C=O) groups is 2. The molecule has 3 unspecified atom stereocenters. The van der Waals surface area contributed by atoms with Gasteiger partial charge in [-0.1, -0.05) is 30.3 Å². The van der Waals surface area contributed by atoms with Crippen molar-refractivity contribution in [3.05, 3.63) is 47.7 Å². The molecular formula is C20H24N2O6. The van der Waals surface area contributed by atoms with Crippen LogP contribution in [0, 0.1) is 0 Å². The highest BCUT2D eigenvalue weighted by atomic mass is 16.8. The van der Waals surface area contributed by atoms with E-state index in [1.54, 1.807) is 6.92 Å². The maximum atomic E-state index is 12.8. The summed E-state index contributed by atoms with van der Waals surface area (Å²) in [5.74, 6) is -0.707. The average molecular weight is 388 g/mol. The number of nitrogens with one attached hydrogen (secondary N) is 1. The second kappa shape index (κ2) is 8.40. The molecule has 0 bridgehead atoms. The van der Waals surface area contributed by atoms with Crippen molar-refractivity contribution in [1.82, 2.24) is 10.2 Å². The third-order valence-corrected chi connectivity index (χ3v) is 4.95. The molecule has 1 aromatic rings. The lowest BCUT2D eigenvalue weighted by atomic mass is 10.2. The normalized spacial score (nSPS) is 29.5. The van der Waals surface area contributed by atoms with Crippen molar-refractivity contribution in [2.45, 2.75) is 51.2 Å². The van der Waals surface area contributed by atoms with Crippen LogP contribution in [0.15, 0.2) is 42.1 Å². The largest absolute Gasteiger partial charge is 0.426 e. The summed E-state index contributed by atoms with van der Waals surface area (Å²) in [6.45, 7) is 3.40. The first-order valence-electron chi connectivity index (χ1n) is 9.57. The number of rotatable bonds is 8. The van der Waals surface area contributed by atoms with Gasteiger partial charge < -0.3 is 24.3 Å². The first-order valence-corrected chi connectivity index (χ1v) is 9.57. The number of nitrogens with zero attached hydrogens (tertiary/aromatic N) is 1. The Hall–Kier alpha value is -2.26. The Morgan fingerprint density at radius 1 is 1.29 bits per heavy atom. The predicted octanol–water partition coefficient (Wildman–Crippen LogP) is 1.27. The van der Waals surface area contributed by atoms with Crippen molar-refractivity contribution in [2.75, 3.05) is 13.2 Å². The average Bonchev–Trinajstić information content (AvgIpc) is 3.13. The lowest BCUT2D eigenvalue weighted by molar-refractivity contribution is -0.159. The summed E-state index contributed by atoms with van der Waals surface area (Å²) >= 11 is 0. The molecule has 2 saturated heterocycles. The number of likely N-dealkylation sites (tertiary alicyclic amines) is 1. The van der Waals surface area contributed by atoms with Crippen LogP contribution < -0.4 is 5.32 Å². The number of esters is 1. The van der Waals surface area contributed by atoms with E-state index in [0.717, 1.165) is 24.9 Å². The highest BCUT2D eigenvalue weighted by Gasteiger charge is 2.50. The second-order valence-corrected chi connectivity index (χ2v) is 6.90. The molecule has 0 aromatic heterocycles. The smallest absolute Gasteiger partial charge is 0.335 e. The highest BCUT2D eigenvalue weighted by Crippen LogP contribution is 2.34. The number of hydrogen-bond acceptors (Lipinski definition) is 7. The lowest BCUT2D eigenvalue weighted by Gasteiger charge is -2.23. The Morgan fingerprint density at radius 2 is 2.11 bits per heavy atom. The van der Waals surface area contributed by atoms with Crippen LogP contribution in [-0.2, 0) is 35.1 Å². The van der Waals surface area contributed by atoms with Gasteiger partial charge in [-0.25, -0.2) is 4.79 Å². The monoisotopic (exact) mass is 388 g/mol. The van der Waals surface area contributed by atoms with Crippen molar-refractivity contribution < 1.29 is 28.5 Å². The van der Waals surface area contributed by atoms with Crippen molar-refractivity contribution in [3.8, 4) is 0 Å². The summed E-state index contributed by atoms with van der Waals surface area (Å²) in [5, 5.41) is 2.78. The first-order chi connectivity index (χ1) is 13.7. The minimum atomic E-state index is -0.851. The van der Waals surface area contributed by atoms with Gasteiger partial charge in [0.1, 0.15) is 0 Å². The minimum Gasteiger partial charge on any atom is -0.426 e. The van der Waals surface area contributed by atoms with E-state index in [1.807, 2.05) is 35.2 Å². The second-order valence-electron chi connectivity index (χ2n) is 6.90. The van der Waals surface area contributed by atoms with E-state index in [9.17, 15) is 9.59 Å². The molecule has 0 aliphatic carbocycles. The van der Waals surface area contributed by atoms with Crippen LogP contribution in [0.5, 0.6) is 0 Å². The Bertz CT molecular complexity index is 752. The van der Waals surface area contributed by atoms with Crippen molar-refractivity contribution >= 4 is 11.9 Å². The standard InChI is InChI=1S/C20H24N2O6/c1-2-25-19-14(11-16(23)27-19)21-17(24)15-9-6-10-22(15)18-20(28-18)26-12-13-7-4-3-5-8-13/h3-5,7-8,11,15,18-20H,2,6,9-10,12H2,1H3,(H,21,24)/t15-,18?,19?,20?/m0/s1. The minimum absolute atomic E-state index is 0.191. The number of carbonyl (C=O) groups excluding carboxylic acids is 2. The number of amides is 1. The van der Waals surface area contributed by atoms with Crippen LogP contribution in [0.3, 0.4) is 0 Å². The molecule has 0 radical (unpaired) electrons. The van der Waals surface area contributed by atoms with E-state index in [4.69, 9.17) is 18.9 Å². The summed E-state index contributed by atoms with van der Waals surface area (Å²) in [6.07, 6.45) is 1.47. The van der Waals surface area contributed by atoms with Crippen molar-refractivity contribution in [3.63, 3.8) is 0 Å². The zero-order chi connectivity index (χ0) is 19.5. The number of benzene rings is 1. The third-order valence-electron chi connectivity index (χ3n) is 4.95. The molecule has 0 spiro atoms. The summed E-state index contributed by atoms with van der Waals surface area (Å²) < 4.78 is 21.8. The third kappa shape index (κ3) is 4.25. The summed E-state index contributed by atoms with van der Waals surface area (Å²) in [6, 6.07) is 9.54. The number of hydrogen-bond donors (Lipinski definition) is 1. The molecule has 2 fully saturated rings. The molecule has 1 aromatic carbocycles. The summed E-state index contributed by atoms with van der Waals surface area (Å²) in [5.41, 5.74) is 1.42. The Kier molecular flexibility index (Phi) is 5.72. The summed E-state index contributed by atoms with van der Waals surface area (Å²) in [7, 11) is 0. The van der Waals surface area contributed by atoms with Gasteiger partial charge in [-0.2, -0.15) is 0 Å². The fourth-order valence-electron chi connectivity index (χ4n) is 3.57. The number of ether oxygens (including phenoxy) is 4. The molecule has 8 nitrogen and oxygen atoms in total. The van der Waals surface area contributed by atoms with Crippen molar-refractivity contribution in [2.24, 2.45) is 0 Å². The van der Waals surface area contributed by atoms with Crippen LogP contribution in [0.2, 0.25) is 0 Å². The van der Waals surface area contributed by atoms with Gasteiger partial charge in [0.2, 0.25) is 12.2 Å². The SMILES string of the molecule is CCOC1OC(=O)C=C1NC(=O)[C@@H]1CCCN1C1OC1OCc1ccccc1. The van der Waals surface area contributed by atoms with Crippen molar-refractivity contribution in [1.29, 1.82) is 0 Å². The lowest BCUT2D eigenvalue weighted by Crippen LogP contribution is -2.46. The highest BCUT2D eigenvalue weighted by molar-refractivity contribution is 5.89. The van der Waals surface area contributed by atoms with Crippen LogP contribution in [0.4, 0.5) is 0 Å². The quantitative estimate of drug-likeness (QED) is 0.530. The van der Waals surface area contributed by atoms with Gasteiger partial charge in [0.05, 0.1) is 18.3 Å². The first kappa shape index (κ1) is 19.1. The van der Waals surface area contributed by atoms with Crippen LogP contribution in [0.1, 0.15) is 25.3 Å². The predicted molar refractivity (Wildman–Crippen MR) is 97.4 cm³/mol. The van der Waals surface area contributed by atoms with Crippen LogP contribution in [0.25, 0.3) is 0 Å². The molecule has 150 valence electrons. The Balaban J connectivity index is 1.31. The Morgan fingerprint density at radius 3 is 2.89 bits per heavy atom. The molecule has 8 heteroatoms. The van der Waals surface area contributed by atoms with Gasteiger partial charge in [0, 0.05) is 19.2 Å². The molecule has 3 aliphatic rings. The number of cyclic esters (lactones) is 1. The van der Waals surface area contributed by atoms with Gasteiger partial charge in [0.25, 0.3) is 0 Å². The van der Waals surface area contributed by atoms with Gasteiger partial charge >= 0.3 is 5.97 Å². The van der Waals surface area contributed by atoms with Gasteiger partial charge in [-0.3, -0.25) is 9.69 Å². The van der Waals surface area contributed by atoms with E-state index in [1.165, 1.54) is 6.08 Å². The van der Waals surface area contributed by atoms with Gasteiger partial charge in [-0.05, 0) is 25.3 Å². The van der Waals surface area contributed by atoms with E-state index in [-0.39, 0.29) is 24.5 Å².